The zero-order chi connectivity index (χ0) is 13.0. The highest BCUT2D eigenvalue weighted by atomic mass is 35.5. The Labute approximate surface area is 116 Å². The first-order chi connectivity index (χ1) is 8.66. The smallest absolute Gasteiger partial charge is 0.0771 e. The monoisotopic (exact) mass is 276 g/mol. The normalized spacial score (nSPS) is 12.8. The van der Waals surface area contributed by atoms with E-state index in [4.69, 9.17) is 11.6 Å². The zero-order valence-electron chi connectivity index (χ0n) is 10.2. The molecule has 2 rings (SSSR count). The van der Waals surface area contributed by atoms with Gasteiger partial charge in [0.2, 0.25) is 0 Å². The van der Waals surface area contributed by atoms with Gasteiger partial charge in [0.25, 0.3) is 0 Å². The van der Waals surface area contributed by atoms with Gasteiger partial charge in [0.15, 0.2) is 0 Å². The third kappa shape index (κ3) is 3.28. The molecule has 0 saturated carbocycles. The van der Waals surface area contributed by atoms with Gasteiger partial charge in [-0.05, 0) is 43.0 Å². The second kappa shape index (κ2) is 5.94. The SMILES string of the molecule is C/C(=N\N=C(/C)c1cccs1)c1ccc(Cl)cc1. The number of benzene rings is 1. The van der Waals surface area contributed by atoms with Crippen LogP contribution >= 0.6 is 22.9 Å². The molecular weight excluding hydrogens is 264 g/mol. The molecule has 2 nitrogen and oxygen atoms in total. The fourth-order valence-corrected chi connectivity index (χ4v) is 2.23. The summed E-state index contributed by atoms with van der Waals surface area (Å²) in [6.07, 6.45) is 0. The molecule has 0 unspecified atom stereocenters. The Morgan fingerprint density at radius 1 is 1.00 bits per heavy atom. The molecule has 0 radical (unpaired) electrons. The van der Waals surface area contributed by atoms with E-state index in [0.717, 1.165) is 26.9 Å². The predicted molar refractivity (Wildman–Crippen MR) is 80.2 cm³/mol. The molecule has 0 N–H and O–H groups in total. The molecule has 0 spiro atoms. The summed E-state index contributed by atoms with van der Waals surface area (Å²) in [7, 11) is 0. The van der Waals surface area contributed by atoms with Crippen LogP contribution < -0.4 is 0 Å². The van der Waals surface area contributed by atoms with Crippen LogP contribution in [-0.2, 0) is 0 Å². The van der Waals surface area contributed by atoms with Gasteiger partial charge in [0, 0.05) is 5.02 Å². The largest absolute Gasteiger partial charge is 0.155 e. The van der Waals surface area contributed by atoms with Crippen molar-refractivity contribution in [1.82, 2.24) is 0 Å². The van der Waals surface area contributed by atoms with Crippen LogP contribution in [0.5, 0.6) is 0 Å². The molecule has 0 aliphatic carbocycles. The van der Waals surface area contributed by atoms with E-state index in [1.807, 2.05) is 55.6 Å². The van der Waals surface area contributed by atoms with Crippen LogP contribution in [0, 0.1) is 0 Å². The van der Waals surface area contributed by atoms with E-state index in [1.165, 1.54) is 0 Å². The first-order valence-corrected chi connectivity index (χ1v) is 6.81. The van der Waals surface area contributed by atoms with Crippen molar-refractivity contribution >= 4 is 34.4 Å². The van der Waals surface area contributed by atoms with E-state index >= 15 is 0 Å². The summed E-state index contributed by atoms with van der Waals surface area (Å²) >= 11 is 7.51. The maximum atomic E-state index is 5.85. The Kier molecular flexibility index (Phi) is 4.28. The van der Waals surface area contributed by atoms with Gasteiger partial charge in [-0.3, -0.25) is 0 Å². The molecule has 0 amide bonds. The minimum Gasteiger partial charge on any atom is -0.155 e. The topological polar surface area (TPSA) is 24.7 Å². The van der Waals surface area contributed by atoms with Crippen molar-refractivity contribution in [2.75, 3.05) is 0 Å². The summed E-state index contributed by atoms with van der Waals surface area (Å²) in [6, 6.07) is 11.6. The quantitative estimate of drug-likeness (QED) is 0.577. The van der Waals surface area contributed by atoms with Crippen molar-refractivity contribution in [2.24, 2.45) is 10.2 Å². The van der Waals surface area contributed by atoms with Crippen LogP contribution in [0.2, 0.25) is 5.02 Å². The van der Waals surface area contributed by atoms with Gasteiger partial charge in [-0.15, -0.1) is 11.3 Å². The molecule has 2 aromatic rings. The highest BCUT2D eigenvalue weighted by Crippen LogP contribution is 2.12. The van der Waals surface area contributed by atoms with Crippen molar-refractivity contribution < 1.29 is 0 Å². The van der Waals surface area contributed by atoms with Crippen LogP contribution in [0.4, 0.5) is 0 Å². The number of hydrogen-bond donors (Lipinski definition) is 0. The molecular formula is C14H13ClN2S. The van der Waals surface area contributed by atoms with Crippen molar-refractivity contribution in [2.45, 2.75) is 13.8 Å². The molecule has 1 aromatic heterocycles. The Morgan fingerprint density at radius 2 is 1.67 bits per heavy atom. The van der Waals surface area contributed by atoms with Crippen molar-refractivity contribution in [1.29, 1.82) is 0 Å². The molecule has 1 aromatic carbocycles. The van der Waals surface area contributed by atoms with Gasteiger partial charge in [-0.1, -0.05) is 29.8 Å². The number of halogens is 1. The molecule has 0 aliphatic heterocycles. The third-order valence-electron chi connectivity index (χ3n) is 2.49. The lowest BCUT2D eigenvalue weighted by molar-refractivity contribution is 1.22. The molecule has 0 atom stereocenters. The van der Waals surface area contributed by atoms with Crippen molar-refractivity contribution in [3.8, 4) is 0 Å². The van der Waals surface area contributed by atoms with Crippen LogP contribution in [-0.4, -0.2) is 11.4 Å². The molecule has 18 heavy (non-hydrogen) atoms. The lowest BCUT2D eigenvalue weighted by atomic mass is 10.1. The predicted octanol–water partition coefficient (Wildman–Crippen LogP) is 4.63. The molecule has 0 aliphatic rings. The fourth-order valence-electron chi connectivity index (χ4n) is 1.43. The summed E-state index contributed by atoms with van der Waals surface area (Å²) in [4.78, 5) is 1.14. The van der Waals surface area contributed by atoms with Crippen LogP contribution in [0.15, 0.2) is 52.0 Å². The molecule has 92 valence electrons. The lowest BCUT2D eigenvalue weighted by Gasteiger charge is -1.99. The minimum absolute atomic E-state index is 0.727. The van der Waals surface area contributed by atoms with E-state index in [9.17, 15) is 0 Å². The number of hydrogen-bond acceptors (Lipinski definition) is 3. The molecule has 1 heterocycles. The van der Waals surface area contributed by atoms with E-state index in [2.05, 4.69) is 10.2 Å². The maximum Gasteiger partial charge on any atom is 0.0771 e. The van der Waals surface area contributed by atoms with Gasteiger partial charge < -0.3 is 0 Å². The summed E-state index contributed by atoms with van der Waals surface area (Å²) < 4.78 is 0. The Hall–Kier alpha value is -1.45. The van der Waals surface area contributed by atoms with Crippen molar-refractivity contribution in [3.05, 3.63) is 57.2 Å². The van der Waals surface area contributed by atoms with E-state index in [0.29, 0.717) is 0 Å². The molecule has 0 saturated heterocycles. The van der Waals surface area contributed by atoms with Crippen LogP contribution in [0.25, 0.3) is 0 Å². The Bertz CT molecular complexity index is 568. The van der Waals surface area contributed by atoms with E-state index in [1.54, 1.807) is 11.3 Å². The number of thiophene rings is 1. The molecule has 4 heteroatoms. The van der Waals surface area contributed by atoms with Gasteiger partial charge >= 0.3 is 0 Å². The minimum atomic E-state index is 0.727. The summed E-state index contributed by atoms with van der Waals surface area (Å²) in [5.74, 6) is 0. The summed E-state index contributed by atoms with van der Waals surface area (Å²) in [5.41, 5.74) is 2.84. The summed E-state index contributed by atoms with van der Waals surface area (Å²) in [5, 5.41) is 11.3. The van der Waals surface area contributed by atoms with E-state index in [-0.39, 0.29) is 0 Å². The fraction of sp³-hybridized carbons (Fsp3) is 0.143. The molecule has 0 fully saturated rings. The first-order valence-electron chi connectivity index (χ1n) is 5.55. The Morgan fingerprint density at radius 3 is 2.28 bits per heavy atom. The van der Waals surface area contributed by atoms with Gasteiger partial charge in [-0.25, -0.2) is 0 Å². The van der Waals surface area contributed by atoms with E-state index < -0.39 is 0 Å². The van der Waals surface area contributed by atoms with Crippen LogP contribution in [0.3, 0.4) is 0 Å². The standard InChI is InChI=1S/C14H13ClN2S/c1-10(12-5-7-13(15)8-6-12)16-17-11(2)14-4-3-9-18-14/h3-9H,1-2H3/b16-10+,17-11+. The maximum absolute atomic E-state index is 5.85. The number of nitrogens with zero attached hydrogens (tertiary/aromatic N) is 2. The Balaban J connectivity index is 2.18. The third-order valence-corrected chi connectivity index (χ3v) is 3.72. The highest BCUT2D eigenvalue weighted by molar-refractivity contribution is 7.12. The molecule has 0 bridgehead atoms. The number of rotatable bonds is 3. The second-order valence-electron chi connectivity index (χ2n) is 3.86. The first kappa shape index (κ1) is 13.0. The summed E-state index contributed by atoms with van der Waals surface area (Å²) in [6.45, 7) is 3.90. The lowest BCUT2D eigenvalue weighted by Crippen LogP contribution is -1.95. The van der Waals surface area contributed by atoms with Crippen LogP contribution in [0.1, 0.15) is 24.3 Å². The average molecular weight is 277 g/mol. The van der Waals surface area contributed by atoms with Gasteiger partial charge in [0.05, 0.1) is 16.3 Å². The van der Waals surface area contributed by atoms with Gasteiger partial charge in [-0.2, -0.15) is 10.2 Å². The second-order valence-corrected chi connectivity index (χ2v) is 5.24. The van der Waals surface area contributed by atoms with Crippen molar-refractivity contribution in [3.63, 3.8) is 0 Å². The average Bonchev–Trinajstić information content (AvgIpc) is 2.90. The van der Waals surface area contributed by atoms with Gasteiger partial charge in [0.1, 0.15) is 0 Å². The zero-order valence-corrected chi connectivity index (χ0v) is 11.8. The highest BCUT2D eigenvalue weighted by Gasteiger charge is 1.99.